The predicted octanol–water partition coefficient (Wildman–Crippen LogP) is 3.73. The molecule has 1 heterocycles. The topological polar surface area (TPSA) is 9.23 Å². The second-order valence-corrected chi connectivity index (χ2v) is 4.11. The zero-order chi connectivity index (χ0) is 8.93. The largest absolute Gasteiger partial charge is 0.471 e. The van der Waals surface area contributed by atoms with E-state index >= 15 is 0 Å². The van der Waals surface area contributed by atoms with Gasteiger partial charge in [-0.3, -0.25) is 0 Å². The molecule has 1 nitrogen and oxygen atoms in total. The van der Waals surface area contributed by atoms with Crippen molar-refractivity contribution < 1.29 is 4.74 Å². The number of ether oxygens (including phenoxy) is 1. The zero-order valence-corrected chi connectivity index (χ0v) is 8.22. The minimum absolute atomic E-state index is 1.04. The van der Waals surface area contributed by atoms with Crippen LogP contribution in [0.25, 0.3) is 0 Å². The Morgan fingerprint density at radius 2 is 2.46 bits per heavy atom. The van der Waals surface area contributed by atoms with Crippen molar-refractivity contribution in [2.75, 3.05) is 0 Å². The van der Waals surface area contributed by atoms with Crippen molar-refractivity contribution in [1.29, 1.82) is 0 Å². The summed E-state index contributed by atoms with van der Waals surface area (Å²) in [5.74, 6) is 0. The molecule has 0 radical (unpaired) electrons. The second-order valence-electron chi connectivity index (χ2n) is 3.08. The highest BCUT2D eigenvalue weighted by molar-refractivity contribution is 8.05. The molecule has 2 heteroatoms. The monoisotopic (exact) mass is 192 g/mol. The van der Waals surface area contributed by atoms with Gasteiger partial charge in [-0.05, 0) is 12.8 Å². The Morgan fingerprint density at radius 3 is 3.15 bits per heavy atom. The van der Waals surface area contributed by atoms with Crippen LogP contribution in [0.4, 0.5) is 0 Å². The van der Waals surface area contributed by atoms with E-state index in [1.807, 2.05) is 11.7 Å². The smallest absolute Gasteiger partial charge is 0.100 e. The number of allylic oxidation sites excluding steroid dienone is 5. The van der Waals surface area contributed by atoms with E-state index < -0.39 is 0 Å². The summed E-state index contributed by atoms with van der Waals surface area (Å²) in [4.78, 5) is 1.30. The highest BCUT2D eigenvalue weighted by atomic mass is 32.2. The van der Waals surface area contributed by atoms with Gasteiger partial charge in [0, 0.05) is 16.7 Å². The van der Waals surface area contributed by atoms with E-state index in [1.165, 1.54) is 23.3 Å². The van der Waals surface area contributed by atoms with Crippen LogP contribution >= 0.6 is 11.8 Å². The van der Waals surface area contributed by atoms with Gasteiger partial charge in [-0.25, -0.2) is 0 Å². The summed E-state index contributed by atoms with van der Waals surface area (Å²) in [6.45, 7) is 0. The molecule has 2 rings (SSSR count). The van der Waals surface area contributed by atoms with Gasteiger partial charge in [0.1, 0.15) is 6.26 Å². The Kier molecular flexibility index (Phi) is 2.93. The van der Waals surface area contributed by atoms with Gasteiger partial charge in [0.15, 0.2) is 0 Å². The van der Waals surface area contributed by atoms with Gasteiger partial charge in [0.05, 0.1) is 6.26 Å². The van der Waals surface area contributed by atoms with Crippen molar-refractivity contribution in [2.24, 2.45) is 0 Å². The molecule has 0 spiro atoms. The second kappa shape index (κ2) is 4.38. The minimum atomic E-state index is 1.04. The summed E-state index contributed by atoms with van der Waals surface area (Å²) in [5, 5.41) is 1.98. The summed E-state index contributed by atoms with van der Waals surface area (Å²) >= 11 is 1.75. The molecular formula is C11H12OS. The average Bonchev–Trinajstić information content (AvgIpc) is 2.21. The average molecular weight is 192 g/mol. The van der Waals surface area contributed by atoms with E-state index in [0.717, 1.165) is 6.42 Å². The van der Waals surface area contributed by atoms with Crippen molar-refractivity contribution in [3.8, 4) is 0 Å². The van der Waals surface area contributed by atoms with E-state index in [1.54, 1.807) is 18.0 Å². The van der Waals surface area contributed by atoms with Crippen LogP contribution in [0.2, 0.25) is 0 Å². The highest BCUT2D eigenvalue weighted by Gasteiger charge is 2.05. The Labute approximate surface area is 82.9 Å². The minimum Gasteiger partial charge on any atom is -0.471 e. The van der Waals surface area contributed by atoms with Gasteiger partial charge >= 0.3 is 0 Å². The van der Waals surface area contributed by atoms with Crippen LogP contribution in [0.3, 0.4) is 0 Å². The quantitative estimate of drug-likeness (QED) is 0.659. The number of thioether (sulfide) groups is 1. The van der Waals surface area contributed by atoms with E-state index in [9.17, 15) is 0 Å². The molecule has 1 aliphatic heterocycles. The summed E-state index contributed by atoms with van der Waals surface area (Å²) in [7, 11) is 0. The molecule has 0 aromatic heterocycles. The fourth-order valence-corrected chi connectivity index (χ4v) is 2.07. The lowest BCUT2D eigenvalue weighted by molar-refractivity contribution is 0.399. The molecule has 0 aromatic carbocycles. The van der Waals surface area contributed by atoms with E-state index in [4.69, 9.17) is 4.74 Å². The molecular weight excluding hydrogens is 180 g/mol. The molecule has 0 bridgehead atoms. The van der Waals surface area contributed by atoms with Gasteiger partial charge in [-0.2, -0.15) is 0 Å². The van der Waals surface area contributed by atoms with Crippen LogP contribution in [0, 0.1) is 0 Å². The first-order valence-electron chi connectivity index (χ1n) is 4.46. The molecule has 0 saturated carbocycles. The van der Waals surface area contributed by atoms with Crippen LogP contribution < -0.4 is 0 Å². The molecule has 0 amide bonds. The maximum atomic E-state index is 5.11. The van der Waals surface area contributed by atoms with Crippen molar-refractivity contribution in [3.63, 3.8) is 0 Å². The first kappa shape index (κ1) is 8.70. The molecule has 0 atom stereocenters. The highest BCUT2D eigenvalue weighted by Crippen LogP contribution is 2.29. The molecule has 68 valence electrons. The summed E-state index contributed by atoms with van der Waals surface area (Å²) in [6, 6.07) is 0. The van der Waals surface area contributed by atoms with Crippen LogP contribution in [0.1, 0.15) is 19.3 Å². The number of hydrogen-bond donors (Lipinski definition) is 0. The van der Waals surface area contributed by atoms with Crippen LogP contribution in [-0.4, -0.2) is 0 Å². The molecule has 1 aliphatic carbocycles. The Balaban J connectivity index is 1.93. The molecule has 2 aliphatic rings. The van der Waals surface area contributed by atoms with Gasteiger partial charge in [-0.15, -0.1) is 0 Å². The maximum absolute atomic E-state index is 5.11. The molecule has 13 heavy (non-hydrogen) atoms. The SMILES string of the molecule is C1=CCCC(CC2=COC=CS2)=C1. The maximum Gasteiger partial charge on any atom is 0.100 e. The van der Waals surface area contributed by atoms with E-state index in [2.05, 4.69) is 18.2 Å². The third-order valence-electron chi connectivity index (χ3n) is 2.05. The lowest BCUT2D eigenvalue weighted by Gasteiger charge is -2.11. The van der Waals surface area contributed by atoms with Crippen LogP contribution in [-0.2, 0) is 4.74 Å². The summed E-state index contributed by atoms with van der Waals surface area (Å²) in [6.07, 6.45) is 13.5. The van der Waals surface area contributed by atoms with E-state index in [-0.39, 0.29) is 0 Å². The fraction of sp³-hybridized carbons (Fsp3) is 0.273. The molecule has 0 aromatic rings. The van der Waals surface area contributed by atoms with Crippen molar-refractivity contribution in [2.45, 2.75) is 19.3 Å². The van der Waals surface area contributed by atoms with Crippen LogP contribution in [0.15, 0.2) is 46.6 Å². The lowest BCUT2D eigenvalue weighted by Crippen LogP contribution is -1.90. The Morgan fingerprint density at radius 1 is 1.46 bits per heavy atom. The first-order valence-corrected chi connectivity index (χ1v) is 5.34. The third kappa shape index (κ3) is 2.52. The summed E-state index contributed by atoms with van der Waals surface area (Å²) in [5.41, 5.74) is 1.50. The van der Waals surface area contributed by atoms with Crippen molar-refractivity contribution >= 4 is 11.8 Å². The molecule has 0 saturated heterocycles. The molecule has 0 N–H and O–H groups in total. The Bertz CT molecular complexity index is 297. The molecule has 0 fully saturated rings. The number of rotatable bonds is 2. The van der Waals surface area contributed by atoms with Gasteiger partial charge in [0.25, 0.3) is 0 Å². The van der Waals surface area contributed by atoms with Crippen LogP contribution in [0.5, 0.6) is 0 Å². The third-order valence-corrected chi connectivity index (χ3v) is 2.84. The van der Waals surface area contributed by atoms with Gasteiger partial charge in [0.2, 0.25) is 0 Å². The standard InChI is InChI=1S/C11H12OS/c1-2-4-10(5-3-1)8-11-9-12-6-7-13-11/h1-2,4,6-7,9H,3,5,8H2. The van der Waals surface area contributed by atoms with Crippen molar-refractivity contribution in [3.05, 3.63) is 46.6 Å². The predicted molar refractivity (Wildman–Crippen MR) is 57.0 cm³/mol. The summed E-state index contributed by atoms with van der Waals surface area (Å²) < 4.78 is 5.11. The fourth-order valence-electron chi connectivity index (χ4n) is 1.40. The number of hydrogen-bond acceptors (Lipinski definition) is 2. The zero-order valence-electron chi connectivity index (χ0n) is 7.40. The van der Waals surface area contributed by atoms with Crippen molar-refractivity contribution in [1.82, 2.24) is 0 Å². The van der Waals surface area contributed by atoms with E-state index in [0.29, 0.717) is 0 Å². The first-order chi connectivity index (χ1) is 6.45. The normalized spacial score (nSPS) is 20.6. The molecule has 0 unspecified atom stereocenters. The van der Waals surface area contributed by atoms with Gasteiger partial charge < -0.3 is 4.74 Å². The lowest BCUT2D eigenvalue weighted by atomic mass is 10.0. The Hall–Kier alpha value is -0.890. The van der Waals surface area contributed by atoms with Gasteiger partial charge in [-0.1, -0.05) is 35.6 Å².